The first kappa shape index (κ1) is 16.8. The SMILES string of the molecule is Cl.O=C(c1cc([N+](=O)[O-])c[nH]1)N1CCC(NCC2CC2)CC1. The van der Waals surface area contributed by atoms with Gasteiger partial charge in [-0.3, -0.25) is 14.9 Å². The van der Waals surface area contributed by atoms with Gasteiger partial charge in [-0.15, -0.1) is 12.4 Å². The van der Waals surface area contributed by atoms with Gasteiger partial charge in [-0.1, -0.05) is 0 Å². The van der Waals surface area contributed by atoms with E-state index in [0.29, 0.717) is 24.8 Å². The van der Waals surface area contributed by atoms with E-state index in [1.807, 2.05) is 0 Å². The van der Waals surface area contributed by atoms with Crippen LogP contribution in [-0.4, -0.2) is 46.4 Å². The Balaban J connectivity index is 0.00000176. The van der Waals surface area contributed by atoms with Gasteiger partial charge in [0.1, 0.15) is 5.69 Å². The number of carbonyl (C=O) groups excluding carboxylic acids is 1. The first-order valence-corrected chi connectivity index (χ1v) is 7.49. The maximum atomic E-state index is 12.3. The summed E-state index contributed by atoms with van der Waals surface area (Å²) in [7, 11) is 0. The van der Waals surface area contributed by atoms with E-state index < -0.39 is 4.92 Å². The predicted molar refractivity (Wildman–Crippen MR) is 84.3 cm³/mol. The molecular weight excluding hydrogens is 308 g/mol. The Kier molecular flexibility index (Phi) is 5.42. The molecule has 2 fully saturated rings. The molecule has 2 aliphatic rings. The van der Waals surface area contributed by atoms with Gasteiger partial charge in [0, 0.05) is 25.2 Å². The minimum Gasteiger partial charge on any atom is -0.351 e. The predicted octanol–water partition coefficient (Wildman–Crippen LogP) is 1.95. The number of rotatable bonds is 5. The first-order chi connectivity index (χ1) is 10.1. The van der Waals surface area contributed by atoms with Crippen molar-refractivity contribution < 1.29 is 9.72 Å². The van der Waals surface area contributed by atoms with Crippen molar-refractivity contribution in [2.45, 2.75) is 31.7 Å². The summed E-state index contributed by atoms with van der Waals surface area (Å²) < 4.78 is 0. The van der Waals surface area contributed by atoms with Crippen molar-refractivity contribution in [3.05, 3.63) is 28.1 Å². The monoisotopic (exact) mass is 328 g/mol. The van der Waals surface area contributed by atoms with Crippen LogP contribution in [0.15, 0.2) is 12.3 Å². The maximum absolute atomic E-state index is 12.3. The van der Waals surface area contributed by atoms with E-state index in [1.54, 1.807) is 4.90 Å². The van der Waals surface area contributed by atoms with Crippen molar-refractivity contribution >= 4 is 24.0 Å². The van der Waals surface area contributed by atoms with Gasteiger partial charge in [0.25, 0.3) is 11.6 Å². The lowest BCUT2D eigenvalue weighted by molar-refractivity contribution is -0.384. The number of nitrogens with zero attached hydrogens (tertiary/aromatic N) is 2. The van der Waals surface area contributed by atoms with Crippen LogP contribution in [0.25, 0.3) is 0 Å². The van der Waals surface area contributed by atoms with Crippen LogP contribution < -0.4 is 5.32 Å². The van der Waals surface area contributed by atoms with Crippen LogP contribution >= 0.6 is 12.4 Å². The summed E-state index contributed by atoms with van der Waals surface area (Å²) in [5.74, 6) is 0.716. The number of amides is 1. The molecule has 8 heteroatoms. The second-order valence-corrected chi connectivity index (χ2v) is 5.95. The molecule has 1 aromatic heterocycles. The lowest BCUT2D eigenvalue weighted by Gasteiger charge is -2.32. The minimum absolute atomic E-state index is 0. The zero-order valence-electron chi connectivity index (χ0n) is 12.3. The summed E-state index contributed by atoms with van der Waals surface area (Å²) in [6, 6.07) is 1.80. The number of H-pyrrole nitrogens is 1. The molecule has 1 aromatic rings. The van der Waals surface area contributed by atoms with Gasteiger partial charge in [0.2, 0.25) is 0 Å². The van der Waals surface area contributed by atoms with Crippen LogP contribution in [0.1, 0.15) is 36.2 Å². The molecule has 0 atom stereocenters. The molecule has 2 heterocycles. The molecule has 3 rings (SSSR count). The van der Waals surface area contributed by atoms with Crippen molar-refractivity contribution in [1.29, 1.82) is 0 Å². The zero-order chi connectivity index (χ0) is 14.8. The molecule has 0 bridgehead atoms. The Labute approximate surface area is 135 Å². The molecule has 1 aliphatic heterocycles. The highest BCUT2D eigenvalue weighted by Gasteiger charge is 2.27. The number of aromatic amines is 1. The van der Waals surface area contributed by atoms with Gasteiger partial charge < -0.3 is 15.2 Å². The van der Waals surface area contributed by atoms with Crippen molar-refractivity contribution in [3.63, 3.8) is 0 Å². The van der Waals surface area contributed by atoms with Crippen molar-refractivity contribution in [2.24, 2.45) is 5.92 Å². The fourth-order valence-corrected chi connectivity index (χ4v) is 2.72. The smallest absolute Gasteiger partial charge is 0.287 e. The highest BCUT2D eigenvalue weighted by atomic mass is 35.5. The topological polar surface area (TPSA) is 91.3 Å². The Bertz CT molecular complexity index is 536. The van der Waals surface area contributed by atoms with Gasteiger partial charge in [0.05, 0.1) is 11.1 Å². The van der Waals surface area contributed by atoms with Crippen molar-refractivity contribution in [2.75, 3.05) is 19.6 Å². The van der Waals surface area contributed by atoms with Gasteiger partial charge in [-0.2, -0.15) is 0 Å². The van der Waals surface area contributed by atoms with Gasteiger partial charge >= 0.3 is 0 Å². The van der Waals surface area contributed by atoms with Crippen LogP contribution in [0.2, 0.25) is 0 Å². The number of aromatic nitrogens is 1. The van der Waals surface area contributed by atoms with Crippen LogP contribution in [0.5, 0.6) is 0 Å². The molecule has 22 heavy (non-hydrogen) atoms. The van der Waals surface area contributed by atoms with Gasteiger partial charge in [-0.05, 0) is 38.1 Å². The number of nitro groups is 1. The summed E-state index contributed by atoms with van der Waals surface area (Å²) >= 11 is 0. The van der Waals surface area contributed by atoms with E-state index in [-0.39, 0.29) is 24.0 Å². The fourth-order valence-electron chi connectivity index (χ4n) is 2.72. The Morgan fingerprint density at radius 1 is 1.36 bits per heavy atom. The van der Waals surface area contributed by atoms with E-state index >= 15 is 0 Å². The van der Waals surface area contributed by atoms with E-state index in [1.165, 1.54) is 25.1 Å². The summed E-state index contributed by atoms with van der Waals surface area (Å²) in [6.45, 7) is 2.50. The number of halogens is 1. The largest absolute Gasteiger partial charge is 0.351 e. The molecule has 1 aliphatic carbocycles. The molecule has 0 radical (unpaired) electrons. The summed E-state index contributed by atoms with van der Waals surface area (Å²) in [5.41, 5.74) is 0.227. The molecule has 1 amide bonds. The quantitative estimate of drug-likeness (QED) is 0.638. The average molecular weight is 329 g/mol. The standard InChI is InChI=1S/C14H20N4O3.ClH/c19-14(13-7-12(9-16-13)18(20)21)17-5-3-11(4-6-17)15-8-10-1-2-10;/h7,9-11,15-16H,1-6,8H2;1H. The Morgan fingerprint density at radius 3 is 2.59 bits per heavy atom. The molecule has 0 aromatic carbocycles. The lowest BCUT2D eigenvalue weighted by atomic mass is 10.0. The molecule has 0 unspecified atom stereocenters. The highest BCUT2D eigenvalue weighted by molar-refractivity contribution is 5.93. The minimum atomic E-state index is -0.499. The molecule has 0 spiro atoms. The first-order valence-electron chi connectivity index (χ1n) is 7.49. The normalized spacial score (nSPS) is 18.8. The molecule has 2 N–H and O–H groups in total. The fraction of sp³-hybridized carbons (Fsp3) is 0.643. The zero-order valence-corrected chi connectivity index (χ0v) is 13.1. The van der Waals surface area contributed by atoms with Crippen LogP contribution in [0, 0.1) is 16.0 Å². The molecular formula is C14H21ClN4O3. The highest BCUT2D eigenvalue weighted by Crippen LogP contribution is 2.28. The second kappa shape index (κ2) is 7.11. The molecule has 1 saturated carbocycles. The van der Waals surface area contributed by atoms with E-state index in [4.69, 9.17) is 0 Å². The number of carbonyl (C=O) groups is 1. The van der Waals surface area contributed by atoms with Gasteiger partial charge in [-0.25, -0.2) is 0 Å². The maximum Gasteiger partial charge on any atom is 0.287 e. The van der Waals surface area contributed by atoms with E-state index in [2.05, 4.69) is 10.3 Å². The number of likely N-dealkylation sites (tertiary alicyclic amines) is 1. The Morgan fingerprint density at radius 2 is 2.05 bits per heavy atom. The second-order valence-electron chi connectivity index (χ2n) is 5.95. The third kappa shape index (κ3) is 3.98. The number of nitrogens with one attached hydrogen (secondary N) is 2. The Hall–Kier alpha value is -1.60. The summed E-state index contributed by atoms with van der Waals surface area (Å²) in [4.78, 5) is 26.9. The van der Waals surface area contributed by atoms with Crippen LogP contribution in [0.3, 0.4) is 0 Å². The van der Waals surface area contributed by atoms with Crippen LogP contribution in [0.4, 0.5) is 5.69 Å². The van der Waals surface area contributed by atoms with E-state index in [0.717, 1.165) is 25.3 Å². The third-order valence-electron chi connectivity index (χ3n) is 4.28. The number of piperidine rings is 1. The molecule has 1 saturated heterocycles. The molecule has 122 valence electrons. The lowest BCUT2D eigenvalue weighted by Crippen LogP contribution is -2.45. The number of hydrogen-bond donors (Lipinski definition) is 2. The summed E-state index contributed by atoms with van der Waals surface area (Å²) in [5, 5.41) is 14.2. The van der Waals surface area contributed by atoms with Gasteiger partial charge in [0.15, 0.2) is 0 Å². The average Bonchev–Trinajstić information content (AvgIpc) is 3.18. The van der Waals surface area contributed by atoms with Crippen molar-refractivity contribution in [1.82, 2.24) is 15.2 Å². The summed E-state index contributed by atoms with van der Waals surface area (Å²) in [6.07, 6.45) is 5.84. The van der Waals surface area contributed by atoms with E-state index in [9.17, 15) is 14.9 Å². The van der Waals surface area contributed by atoms with Crippen LogP contribution in [-0.2, 0) is 0 Å². The third-order valence-corrected chi connectivity index (χ3v) is 4.28. The van der Waals surface area contributed by atoms with Crippen molar-refractivity contribution in [3.8, 4) is 0 Å². The molecule has 7 nitrogen and oxygen atoms in total. The number of hydrogen-bond acceptors (Lipinski definition) is 4.